The molecule has 6 heterocycles. The molecule has 0 spiro atoms. The van der Waals surface area contributed by atoms with Crippen LogP contribution in [0.15, 0.2) is 67.0 Å². The lowest BCUT2D eigenvalue weighted by atomic mass is 10.0. The third-order valence-electron chi connectivity index (χ3n) is 12.3. The molecular weight excluding hydrogens is 779 g/mol. The first-order valence-corrected chi connectivity index (χ1v) is 21.2. The van der Waals surface area contributed by atoms with Gasteiger partial charge in [0, 0.05) is 41.7 Å². The monoisotopic (exact) mass is 833 g/mol. The van der Waals surface area contributed by atoms with Crippen molar-refractivity contribution in [1.29, 1.82) is 0 Å². The predicted octanol–water partition coefficient (Wildman–Crippen LogP) is 6.70. The number of hydrogen-bond acceptors (Lipinski definition) is 9. The van der Waals surface area contributed by atoms with E-state index < -0.39 is 36.6 Å². The smallest absolute Gasteiger partial charge is 0.407 e. The number of nitrogens with one attached hydrogen (secondary N) is 4. The van der Waals surface area contributed by atoms with Crippen molar-refractivity contribution in [2.75, 3.05) is 27.3 Å². The quantitative estimate of drug-likeness (QED) is 0.112. The van der Waals surface area contributed by atoms with Crippen LogP contribution in [0.5, 0.6) is 0 Å². The number of imidazole rings is 2. The summed E-state index contributed by atoms with van der Waals surface area (Å²) in [5.41, 5.74) is 5.75. The molecule has 61 heavy (non-hydrogen) atoms. The van der Waals surface area contributed by atoms with Gasteiger partial charge in [-0.1, -0.05) is 64.1 Å². The molecule has 16 heteroatoms. The van der Waals surface area contributed by atoms with Crippen LogP contribution < -0.4 is 10.6 Å². The van der Waals surface area contributed by atoms with E-state index in [1.54, 1.807) is 0 Å². The minimum atomic E-state index is -0.712. The minimum Gasteiger partial charge on any atom is -0.453 e. The molecule has 2 saturated heterocycles. The molecular formula is C45H55N9O7. The maximum Gasteiger partial charge on any atom is 0.407 e. The van der Waals surface area contributed by atoms with Gasteiger partial charge in [0.2, 0.25) is 11.8 Å². The van der Waals surface area contributed by atoms with Crippen molar-refractivity contribution in [2.45, 2.75) is 96.3 Å². The number of likely N-dealkylation sites (tertiary alicyclic amines) is 2. The Morgan fingerprint density at radius 3 is 2.03 bits per heavy atom. The molecule has 0 bridgehead atoms. The number of methoxy groups -OCH3 is 2. The molecule has 0 saturated carbocycles. The van der Waals surface area contributed by atoms with Crippen molar-refractivity contribution >= 4 is 34.9 Å². The average Bonchev–Trinajstić information content (AvgIpc) is 4.12. The number of benzene rings is 2. The van der Waals surface area contributed by atoms with Crippen LogP contribution in [-0.4, -0.2) is 97.7 Å². The highest BCUT2D eigenvalue weighted by Gasteiger charge is 2.40. The van der Waals surface area contributed by atoms with Crippen LogP contribution in [0.2, 0.25) is 0 Å². The van der Waals surface area contributed by atoms with Crippen LogP contribution in [-0.2, 0) is 30.2 Å². The van der Waals surface area contributed by atoms with E-state index in [-0.39, 0.29) is 35.7 Å². The van der Waals surface area contributed by atoms with Crippen LogP contribution in [0.1, 0.15) is 106 Å². The molecule has 6 atom stereocenters. The molecule has 16 nitrogen and oxygen atoms in total. The number of carbonyl (C=O) groups excluding carboxylic acids is 4. The van der Waals surface area contributed by atoms with Gasteiger partial charge in [-0.15, -0.1) is 0 Å². The van der Waals surface area contributed by atoms with Crippen molar-refractivity contribution < 1.29 is 33.4 Å². The Hall–Kier alpha value is -6.16. The second kappa shape index (κ2) is 17.4. The fraction of sp³-hybridized carbons (Fsp3) is 0.467. The zero-order valence-corrected chi connectivity index (χ0v) is 35.5. The number of alkyl carbamates (subject to hydrolysis) is 2. The van der Waals surface area contributed by atoms with Gasteiger partial charge in [-0.25, -0.2) is 19.6 Å². The summed E-state index contributed by atoms with van der Waals surface area (Å²) in [5.74, 6) is 0.844. The Morgan fingerprint density at radius 1 is 0.770 bits per heavy atom. The molecule has 2 fully saturated rings. The summed E-state index contributed by atoms with van der Waals surface area (Å²) in [7, 11) is 2.58. The Morgan fingerprint density at radius 2 is 1.39 bits per heavy atom. The maximum absolute atomic E-state index is 13.8. The molecule has 5 aromatic rings. The van der Waals surface area contributed by atoms with E-state index in [4.69, 9.17) is 24.2 Å². The Balaban J connectivity index is 1.05. The zero-order valence-electron chi connectivity index (χ0n) is 35.5. The van der Waals surface area contributed by atoms with E-state index in [1.165, 1.54) is 14.2 Å². The lowest BCUT2D eigenvalue weighted by Gasteiger charge is -2.33. The number of carbonyl (C=O) groups is 4. The summed E-state index contributed by atoms with van der Waals surface area (Å²) < 4.78 is 18.8. The number of nitrogens with zero attached hydrogens (tertiary/aromatic N) is 5. The van der Waals surface area contributed by atoms with Gasteiger partial charge in [-0.2, -0.15) is 0 Å². The Labute approximate surface area is 354 Å². The van der Waals surface area contributed by atoms with Crippen LogP contribution in [0.4, 0.5) is 9.59 Å². The van der Waals surface area contributed by atoms with Crippen molar-refractivity contribution in [3.8, 4) is 11.3 Å². The van der Waals surface area contributed by atoms with Crippen molar-refractivity contribution in [1.82, 2.24) is 44.9 Å². The molecule has 322 valence electrons. The van der Waals surface area contributed by atoms with E-state index in [2.05, 4.69) is 61.6 Å². The molecule has 3 aliphatic rings. The standard InChI is InChI=1S/C45H55N9O7/c1-25(2)37(50-44(57)59-5)41(55)52-18-10-14-34(52)32-24-47-40(49-32)36-22-30-21-29-20-28(16-17-33(29)54(30)43(61-36)27-12-8-7-9-13-27)31-23-46-39(48-31)35-15-11-19-53(35)42(56)38(26(3)4)51-45(58)60-6/h7-9,12-13,16-17,20-21,23-26,34-38,43H,10-11,14-15,18-19,22H2,1-6H3,(H,46,48)(H,47,49)(H,50,57)(H,51,58)/t34-,35-,36?,37-,38-,43-/m0/s1. The first-order valence-electron chi connectivity index (χ1n) is 21.2. The highest BCUT2D eigenvalue weighted by atomic mass is 16.5. The predicted molar refractivity (Wildman–Crippen MR) is 226 cm³/mol. The number of rotatable bonds is 11. The van der Waals surface area contributed by atoms with Gasteiger partial charge >= 0.3 is 12.2 Å². The number of H-pyrrole nitrogens is 2. The van der Waals surface area contributed by atoms with Gasteiger partial charge in [0.05, 0.1) is 55.6 Å². The molecule has 8 rings (SSSR count). The van der Waals surface area contributed by atoms with E-state index >= 15 is 0 Å². The highest BCUT2D eigenvalue weighted by molar-refractivity contribution is 5.88. The second-order valence-corrected chi connectivity index (χ2v) is 16.9. The molecule has 1 unspecified atom stereocenters. The number of hydrogen-bond donors (Lipinski definition) is 4. The maximum atomic E-state index is 13.8. The Bertz CT molecular complexity index is 2390. The number of ether oxygens (including phenoxy) is 3. The summed E-state index contributed by atoms with van der Waals surface area (Å²) in [5, 5.41) is 6.48. The third-order valence-corrected chi connectivity index (χ3v) is 12.3. The fourth-order valence-corrected chi connectivity index (χ4v) is 9.12. The van der Waals surface area contributed by atoms with Crippen molar-refractivity contribution in [3.63, 3.8) is 0 Å². The largest absolute Gasteiger partial charge is 0.453 e. The third kappa shape index (κ3) is 8.20. The molecule has 2 aromatic carbocycles. The Kier molecular flexibility index (Phi) is 11.9. The van der Waals surface area contributed by atoms with E-state index in [1.807, 2.05) is 68.1 Å². The molecule has 3 aromatic heterocycles. The molecule has 0 aliphatic carbocycles. The van der Waals surface area contributed by atoms with Gasteiger partial charge < -0.3 is 49.2 Å². The van der Waals surface area contributed by atoms with E-state index in [0.717, 1.165) is 64.8 Å². The lowest BCUT2D eigenvalue weighted by molar-refractivity contribution is -0.136. The van der Waals surface area contributed by atoms with Crippen molar-refractivity contribution in [3.05, 3.63) is 95.6 Å². The summed E-state index contributed by atoms with van der Waals surface area (Å²) in [6.45, 7) is 8.77. The fourth-order valence-electron chi connectivity index (χ4n) is 9.12. The topological polar surface area (TPSA) is 189 Å². The zero-order chi connectivity index (χ0) is 42.9. The highest BCUT2D eigenvalue weighted by Crippen LogP contribution is 2.42. The summed E-state index contributed by atoms with van der Waals surface area (Å²) in [4.78, 5) is 72.0. The van der Waals surface area contributed by atoms with E-state index in [9.17, 15) is 19.2 Å². The number of aromatic amines is 2. The lowest BCUT2D eigenvalue weighted by Crippen LogP contribution is -2.51. The summed E-state index contributed by atoms with van der Waals surface area (Å²) >= 11 is 0. The molecule has 4 N–H and O–H groups in total. The summed E-state index contributed by atoms with van der Waals surface area (Å²) in [6.07, 6.45) is 5.29. The van der Waals surface area contributed by atoms with Gasteiger partial charge in [0.15, 0.2) is 6.23 Å². The first-order chi connectivity index (χ1) is 29.4. The SMILES string of the molecule is COC(=O)N[C@H](C(=O)N1CCC[C@H]1c1cnc(C2Cc3cc4cc(-c5cnc([C@@H]6CCCN6C(=O)[C@@H](NC(=O)OC)C(C)C)[nH]5)ccc4n3[C@H](c3ccccc3)O2)[nH]1)C(C)C. The number of fused-ring (bicyclic) bond motifs is 3. The van der Waals surface area contributed by atoms with Gasteiger partial charge in [-0.05, 0) is 55.7 Å². The van der Waals surface area contributed by atoms with Gasteiger partial charge in [-0.3, -0.25) is 9.59 Å². The first kappa shape index (κ1) is 41.6. The number of aromatic nitrogens is 5. The van der Waals surface area contributed by atoms with Crippen LogP contribution in [0.3, 0.4) is 0 Å². The molecule has 0 radical (unpaired) electrons. The van der Waals surface area contributed by atoms with Crippen LogP contribution in [0.25, 0.3) is 22.2 Å². The van der Waals surface area contributed by atoms with Gasteiger partial charge in [0.1, 0.15) is 29.8 Å². The number of amides is 4. The van der Waals surface area contributed by atoms with Crippen LogP contribution >= 0.6 is 0 Å². The summed E-state index contributed by atoms with van der Waals surface area (Å²) in [6, 6.07) is 16.8. The van der Waals surface area contributed by atoms with Crippen LogP contribution in [0, 0.1) is 11.8 Å². The minimum absolute atomic E-state index is 0.124. The molecule has 3 aliphatic heterocycles. The average molecular weight is 834 g/mol. The van der Waals surface area contributed by atoms with Crippen molar-refractivity contribution in [2.24, 2.45) is 11.8 Å². The van der Waals surface area contributed by atoms with E-state index in [0.29, 0.717) is 31.2 Å². The molecule has 4 amide bonds. The second-order valence-electron chi connectivity index (χ2n) is 16.9. The normalized spacial score (nSPS) is 21.1. The van der Waals surface area contributed by atoms with Gasteiger partial charge in [0.25, 0.3) is 0 Å².